The van der Waals surface area contributed by atoms with Crippen molar-refractivity contribution < 1.29 is 60.5 Å². The molecule has 2 saturated carbocycles. The lowest BCUT2D eigenvalue weighted by Crippen LogP contribution is -2.32. The summed E-state index contributed by atoms with van der Waals surface area (Å²) in [4.78, 5) is 76.1. The fourth-order valence-corrected chi connectivity index (χ4v) is 9.37. The average molecular weight is 967 g/mol. The van der Waals surface area contributed by atoms with Crippen LogP contribution >= 0.6 is 45.3 Å². The van der Waals surface area contributed by atoms with Crippen LogP contribution in [0.25, 0.3) is 20.0 Å². The number of nitrogens with zero attached hydrogens (tertiary/aromatic N) is 5. The van der Waals surface area contributed by atoms with E-state index in [4.69, 9.17) is 10.2 Å². The Morgan fingerprint density at radius 3 is 1.44 bits per heavy atom. The predicted molar refractivity (Wildman–Crippen MR) is 224 cm³/mol. The van der Waals surface area contributed by atoms with Crippen LogP contribution in [0.5, 0.6) is 0 Å². The van der Waals surface area contributed by atoms with Gasteiger partial charge in [0.15, 0.2) is 31.6 Å². The fourth-order valence-electron chi connectivity index (χ4n) is 5.50. The van der Waals surface area contributed by atoms with Crippen molar-refractivity contribution in [2.75, 3.05) is 13.2 Å². The summed E-state index contributed by atoms with van der Waals surface area (Å²) in [6.07, 6.45) is -0.329. The maximum absolute atomic E-state index is 13.0. The van der Waals surface area contributed by atoms with E-state index < -0.39 is 55.3 Å². The molecule has 344 valence electrons. The second kappa shape index (κ2) is 24.6. The second-order valence-electron chi connectivity index (χ2n) is 14.1. The van der Waals surface area contributed by atoms with Gasteiger partial charge < -0.3 is 10.2 Å². The number of hydrazine groups is 1. The van der Waals surface area contributed by atoms with Gasteiger partial charge in [-0.15, -0.1) is 45.3 Å². The molecule has 0 aromatic carbocycles. The van der Waals surface area contributed by atoms with Crippen molar-refractivity contribution in [3.8, 4) is 20.0 Å². The molecule has 0 unspecified atom stereocenters. The van der Waals surface area contributed by atoms with Crippen LogP contribution in [0.4, 0.5) is 26.3 Å². The van der Waals surface area contributed by atoms with Crippen molar-refractivity contribution in [3.63, 3.8) is 0 Å². The van der Waals surface area contributed by atoms with Crippen molar-refractivity contribution in [1.82, 2.24) is 30.8 Å². The number of rotatable bonds is 21. The molecule has 2 amide bonds. The normalized spacial score (nSPS) is 14.0. The molecule has 6 N–H and O–H groups in total. The molecule has 25 heteroatoms. The number of hydrogen-bond donors (Lipinski definition) is 5. The number of carbonyl (C=O) groups excluding carboxylic acids is 5. The molecular weight excluding hydrogens is 923 g/mol. The molecule has 0 aliphatic heterocycles. The number of nitrogens with one attached hydrogen (secondary N) is 2. The molecule has 0 spiro atoms. The molecule has 15 nitrogen and oxygen atoms in total. The van der Waals surface area contributed by atoms with Crippen LogP contribution in [-0.2, 0) is 14.4 Å². The van der Waals surface area contributed by atoms with Crippen LogP contribution in [-0.4, -0.2) is 90.6 Å². The van der Waals surface area contributed by atoms with E-state index in [2.05, 4.69) is 30.9 Å². The molecule has 63 heavy (non-hydrogen) atoms. The maximum Gasteiger partial charge on any atom is 0.449 e. The Morgan fingerprint density at radius 2 is 1.10 bits per heavy atom. The van der Waals surface area contributed by atoms with E-state index >= 15 is 0 Å². The number of aliphatic hydroxyl groups is 2. The summed E-state index contributed by atoms with van der Waals surface area (Å²) in [5.74, 6) is 1.82. The molecule has 0 bridgehead atoms. The number of ketones is 3. The molecular formula is C38H44F6N8O7S4. The van der Waals surface area contributed by atoms with Gasteiger partial charge in [0.05, 0.1) is 0 Å². The topological polar surface area (TPSA) is 240 Å². The Labute approximate surface area is 372 Å². The molecule has 0 radical (unpaired) electrons. The van der Waals surface area contributed by atoms with Crippen molar-refractivity contribution in [1.29, 1.82) is 0 Å². The third kappa shape index (κ3) is 16.9. The first-order valence-electron chi connectivity index (χ1n) is 19.6. The Morgan fingerprint density at radius 1 is 0.651 bits per heavy atom. The predicted octanol–water partition coefficient (Wildman–Crippen LogP) is 7.68. The number of aromatic nitrogens is 4. The van der Waals surface area contributed by atoms with Gasteiger partial charge in [0.2, 0.25) is 5.78 Å². The van der Waals surface area contributed by atoms with E-state index in [9.17, 15) is 50.3 Å². The van der Waals surface area contributed by atoms with Crippen LogP contribution in [0.15, 0.2) is 28.3 Å². The molecule has 6 rings (SSSR count). The molecule has 4 aromatic rings. The van der Waals surface area contributed by atoms with Gasteiger partial charge in [-0.25, -0.2) is 31.2 Å². The van der Waals surface area contributed by atoms with E-state index in [0.717, 1.165) is 55.5 Å². The van der Waals surface area contributed by atoms with Crippen LogP contribution < -0.4 is 16.7 Å². The minimum absolute atomic E-state index is 0.0758. The van der Waals surface area contributed by atoms with Gasteiger partial charge >= 0.3 is 12.4 Å². The Hall–Kier alpha value is -4.40. The first kappa shape index (κ1) is 51.2. The van der Waals surface area contributed by atoms with Gasteiger partial charge in [-0.1, -0.05) is 12.8 Å². The van der Waals surface area contributed by atoms with E-state index in [1.54, 1.807) is 23.2 Å². The van der Waals surface area contributed by atoms with Gasteiger partial charge in [-0.3, -0.25) is 29.4 Å². The minimum Gasteiger partial charge on any atom is -0.386 e. The molecule has 0 atom stereocenters. The molecule has 4 aromatic heterocycles. The van der Waals surface area contributed by atoms with Crippen molar-refractivity contribution in [2.24, 2.45) is 10.9 Å². The number of amides is 2. The van der Waals surface area contributed by atoms with Gasteiger partial charge in [0.25, 0.3) is 11.8 Å². The maximum atomic E-state index is 13.0. The summed E-state index contributed by atoms with van der Waals surface area (Å²) in [5, 5.41) is 26.2. The highest BCUT2D eigenvalue weighted by atomic mass is 32.1. The first-order chi connectivity index (χ1) is 30.0. The number of nitrogens with two attached hydrogens (primary N) is 1. The zero-order chi connectivity index (χ0) is 46.2. The SMILES string of the molecule is NNC(=O)CO.O=C(CCCCCC(=O)C(F)(F)F)c1nc(-c2nccs2)sc1C1CC1.O=C(CO)N/N=C(/CCCCCC(=O)c1nc(-c2nccs2)sc1C1CC1)C(F)(F)F. The van der Waals surface area contributed by atoms with Crippen molar-refractivity contribution in [2.45, 2.75) is 114 Å². The number of hydrogen-bond acceptors (Lipinski definition) is 17. The van der Waals surface area contributed by atoms with Crippen molar-refractivity contribution >= 4 is 80.2 Å². The summed E-state index contributed by atoms with van der Waals surface area (Å²) >= 11 is 5.94. The van der Waals surface area contributed by atoms with Crippen LogP contribution in [0.3, 0.4) is 0 Å². The lowest BCUT2D eigenvalue weighted by molar-refractivity contribution is -0.171. The van der Waals surface area contributed by atoms with E-state index in [0.29, 0.717) is 48.9 Å². The molecule has 0 saturated heterocycles. The summed E-state index contributed by atoms with van der Waals surface area (Å²) in [7, 11) is 0. The molecule has 2 aliphatic carbocycles. The Balaban J connectivity index is 0.000000248. The van der Waals surface area contributed by atoms with Crippen LogP contribution in [0.2, 0.25) is 0 Å². The Bertz CT molecular complexity index is 2150. The number of Topliss-reactive ketones (excluding diaryl/α,β-unsaturated/α-hetero) is 3. The molecule has 4 heterocycles. The lowest BCUT2D eigenvalue weighted by Gasteiger charge is -2.10. The number of unbranched alkanes of at least 4 members (excludes halogenated alkanes) is 4. The second-order valence-corrected chi connectivity index (χ2v) is 17.9. The largest absolute Gasteiger partial charge is 0.449 e. The average Bonchev–Trinajstić information content (AvgIpc) is 3.96. The minimum atomic E-state index is -4.76. The fraction of sp³-hybridized carbons (Fsp3) is 0.526. The number of alkyl halides is 6. The smallest absolute Gasteiger partial charge is 0.386 e. The number of hydrazone groups is 1. The summed E-state index contributed by atoms with van der Waals surface area (Å²) in [6.45, 7) is -1.49. The highest BCUT2D eigenvalue weighted by molar-refractivity contribution is 7.21. The van der Waals surface area contributed by atoms with Gasteiger partial charge in [0.1, 0.15) is 30.3 Å². The first-order valence-corrected chi connectivity index (χ1v) is 23.0. The highest BCUT2D eigenvalue weighted by Crippen LogP contribution is 2.47. The monoisotopic (exact) mass is 966 g/mol. The van der Waals surface area contributed by atoms with E-state index in [1.807, 2.05) is 10.8 Å². The van der Waals surface area contributed by atoms with E-state index in [1.165, 1.54) is 45.3 Å². The standard InChI is InChI=1S/C19H21F3N4O3S2.C17H17F3N2O2S2.C2H6N2O2/c20-19(21,22)13(25-26-14(29)10-27)5-3-1-2-4-12(28)15-16(11-6-7-11)31-18(24-15)17-23-8-9-30-17;18-17(19,20)12(24)5-3-1-2-4-11(23)13-14(10-6-7-10)26-16(22-13)15-21-8-9-25-15;3-4-2(6)1-5/h8-9,11,27H,1-7,10H2,(H,26,29);8-10H,1-7H2;5H,1,3H2,(H,4,6)/b25-13-;;. The lowest BCUT2D eigenvalue weighted by atomic mass is 10.1. The van der Waals surface area contributed by atoms with Gasteiger partial charge in [0, 0.05) is 52.2 Å². The third-order valence-corrected chi connectivity index (χ3v) is 13.3. The van der Waals surface area contributed by atoms with Gasteiger partial charge in [-0.05, 0) is 69.6 Å². The van der Waals surface area contributed by atoms with Crippen LogP contribution in [0.1, 0.15) is 132 Å². The number of carbonyl (C=O) groups is 5. The number of thiazole rings is 4. The zero-order valence-electron chi connectivity index (χ0n) is 33.4. The number of halogens is 6. The summed E-state index contributed by atoms with van der Waals surface area (Å²) < 4.78 is 75.3. The highest BCUT2D eigenvalue weighted by Gasteiger charge is 2.38. The molecule has 2 fully saturated rings. The third-order valence-electron chi connectivity index (χ3n) is 8.99. The van der Waals surface area contributed by atoms with Gasteiger partial charge in [-0.2, -0.15) is 31.4 Å². The number of aliphatic hydroxyl groups excluding tert-OH is 2. The molecule has 2 aliphatic rings. The summed E-state index contributed by atoms with van der Waals surface area (Å²) in [6, 6.07) is 0. The zero-order valence-corrected chi connectivity index (χ0v) is 36.7. The quantitative estimate of drug-likeness (QED) is 0.0103. The van der Waals surface area contributed by atoms with Crippen molar-refractivity contribution in [3.05, 3.63) is 44.3 Å². The van der Waals surface area contributed by atoms with Crippen LogP contribution in [0, 0.1) is 0 Å². The van der Waals surface area contributed by atoms with E-state index in [-0.39, 0.29) is 43.7 Å². The summed E-state index contributed by atoms with van der Waals surface area (Å²) in [5.41, 5.74) is 3.24. The Kier molecular flexibility index (Phi) is 20.0.